The molecule has 0 aliphatic heterocycles. The van der Waals surface area contributed by atoms with Gasteiger partial charge >= 0.3 is 6.03 Å². The molecule has 94 valence electrons. The fourth-order valence-corrected chi connectivity index (χ4v) is 1.31. The summed E-state index contributed by atoms with van der Waals surface area (Å²) in [6, 6.07) is -0.0669. The summed E-state index contributed by atoms with van der Waals surface area (Å²) in [5.74, 6) is -0.0534. The van der Waals surface area contributed by atoms with Gasteiger partial charge in [0.2, 0.25) is 5.91 Å². The first-order valence-corrected chi connectivity index (χ1v) is 5.71. The second-order valence-corrected chi connectivity index (χ2v) is 3.76. The normalized spacial score (nSPS) is 9.81. The first-order valence-electron chi connectivity index (χ1n) is 5.71. The van der Waals surface area contributed by atoms with Gasteiger partial charge in [0, 0.05) is 33.7 Å². The van der Waals surface area contributed by atoms with Crippen LogP contribution in [0.3, 0.4) is 0 Å². The summed E-state index contributed by atoms with van der Waals surface area (Å²) in [4.78, 5) is 28.3. The molecule has 5 heteroatoms. The highest BCUT2D eigenvalue weighted by Gasteiger charge is 2.20. The van der Waals surface area contributed by atoms with Gasteiger partial charge in [-0.05, 0) is 20.8 Å². The van der Waals surface area contributed by atoms with Crippen molar-refractivity contribution in [1.29, 1.82) is 0 Å². The van der Waals surface area contributed by atoms with Gasteiger partial charge < -0.3 is 14.7 Å². The molecule has 0 heterocycles. The number of hydrogen-bond acceptors (Lipinski definition) is 2. The third-order valence-electron chi connectivity index (χ3n) is 2.51. The molecular weight excluding hydrogens is 206 g/mol. The van der Waals surface area contributed by atoms with E-state index in [-0.39, 0.29) is 18.5 Å². The van der Waals surface area contributed by atoms with Gasteiger partial charge in [-0.3, -0.25) is 4.79 Å². The third kappa shape index (κ3) is 4.08. The lowest BCUT2D eigenvalue weighted by atomic mass is 10.4. The highest BCUT2D eigenvalue weighted by Crippen LogP contribution is 1.99. The average Bonchev–Trinajstić information content (AvgIpc) is 2.26. The van der Waals surface area contributed by atoms with Crippen molar-refractivity contribution in [1.82, 2.24) is 14.7 Å². The van der Waals surface area contributed by atoms with Crippen LogP contribution < -0.4 is 0 Å². The highest BCUT2D eigenvalue weighted by molar-refractivity contribution is 5.83. The average molecular weight is 229 g/mol. The lowest BCUT2D eigenvalue weighted by Crippen LogP contribution is -2.47. The number of likely N-dealkylation sites (N-methyl/N-ethyl adjacent to an activating group) is 2. The summed E-state index contributed by atoms with van der Waals surface area (Å²) in [6.07, 6.45) is 0. The van der Waals surface area contributed by atoms with Gasteiger partial charge in [-0.2, -0.15) is 0 Å². The zero-order valence-electron chi connectivity index (χ0n) is 11.0. The van der Waals surface area contributed by atoms with Crippen LogP contribution in [-0.2, 0) is 4.79 Å². The molecule has 0 aromatic carbocycles. The largest absolute Gasteiger partial charge is 0.347 e. The Kier molecular flexibility index (Phi) is 6.53. The van der Waals surface area contributed by atoms with Crippen LogP contribution in [0.2, 0.25) is 0 Å². The van der Waals surface area contributed by atoms with Crippen LogP contribution in [-0.4, -0.2) is 66.9 Å². The summed E-state index contributed by atoms with van der Waals surface area (Å²) in [5.41, 5.74) is 0. The van der Waals surface area contributed by atoms with Crippen molar-refractivity contribution in [3.05, 3.63) is 0 Å². The molecule has 0 saturated carbocycles. The van der Waals surface area contributed by atoms with Crippen molar-refractivity contribution >= 4 is 11.9 Å². The topological polar surface area (TPSA) is 43.9 Å². The highest BCUT2D eigenvalue weighted by atomic mass is 16.2. The van der Waals surface area contributed by atoms with Gasteiger partial charge in [0.25, 0.3) is 0 Å². The Labute approximate surface area is 98.0 Å². The second kappa shape index (κ2) is 7.09. The van der Waals surface area contributed by atoms with E-state index in [4.69, 9.17) is 0 Å². The molecule has 5 nitrogen and oxygen atoms in total. The standard InChI is InChI=1S/C11H23N3O2/c1-6-13(7-2)11(16)14(8-3)9-10(15)12(4)5/h6-9H2,1-5H3. The van der Waals surface area contributed by atoms with E-state index in [0.29, 0.717) is 19.6 Å². The lowest BCUT2D eigenvalue weighted by Gasteiger charge is -2.28. The number of rotatable bonds is 5. The molecule has 0 aromatic heterocycles. The minimum absolute atomic E-state index is 0.0534. The molecule has 0 fully saturated rings. The number of urea groups is 1. The molecule has 0 atom stereocenters. The van der Waals surface area contributed by atoms with Crippen molar-refractivity contribution in [3.63, 3.8) is 0 Å². The summed E-state index contributed by atoms with van der Waals surface area (Å²) < 4.78 is 0. The number of amides is 3. The van der Waals surface area contributed by atoms with Gasteiger partial charge in [-0.15, -0.1) is 0 Å². The molecule has 16 heavy (non-hydrogen) atoms. The van der Waals surface area contributed by atoms with Crippen LogP contribution in [0.15, 0.2) is 0 Å². The van der Waals surface area contributed by atoms with Crippen LogP contribution in [0.1, 0.15) is 20.8 Å². The molecule has 3 amide bonds. The maximum absolute atomic E-state index is 12.0. The number of hydrogen-bond donors (Lipinski definition) is 0. The van der Waals surface area contributed by atoms with Crippen molar-refractivity contribution in [2.75, 3.05) is 40.3 Å². The number of carbonyl (C=O) groups is 2. The van der Waals surface area contributed by atoms with Crippen molar-refractivity contribution in [2.45, 2.75) is 20.8 Å². The van der Waals surface area contributed by atoms with E-state index in [2.05, 4.69) is 0 Å². The van der Waals surface area contributed by atoms with Gasteiger partial charge in [0.1, 0.15) is 6.54 Å². The van der Waals surface area contributed by atoms with Crippen LogP contribution >= 0.6 is 0 Å². The van der Waals surface area contributed by atoms with E-state index in [1.807, 2.05) is 20.8 Å². The fourth-order valence-electron chi connectivity index (χ4n) is 1.31. The van der Waals surface area contributed by atoms with Gasteiger partial charge in [0.05, 0.1) is 0 Å². The van der Waals surface area contributed by atoms with Crippen LogP contribution in [0.5, 0.6) is 0 Å². The van der Waals surface area contributed by atoms with Crippen LogP contribution in [0.25, 0.3) is 0 Å². The predicted octanol–water partition coefficient (Wildman–Crippen LogP) is 0.858. The minimum Gasteiger partial charge on any atom is -0.347 e. The third-order valence-corrected chi connectivity index (χ3v) is 2.51. The fraction of sp³-hybridized carbons (Fsp3) is 0.818. The molecule has 0 aliphatic rings. The maximum atomic E-state index is 12.0. The Morgan fingerprint density at radius 3 is 1.62 bits per heavy atom. The zero-order chi connectivity index (χ0) is 12.7. The van der Waals surface area contributed by atoms with Crippen molar-refractivity contribution in [3.8, 4) is 0 Å². The summed E-state index contributed by atoms with van der Waals surface area (Å²) in [7, 11) is 3.39. The molecule has 0 unspecified atom stereocenters. The number of carbonyl (C=O) groups excluding carboxylic acids is 2. The Morgan fingerprint density at radius 1 is 0.875 bits per heavy atom. The quantitative estimate of drug-likeness (QED) is 0.702. The molecule has 0 rings (SSSR count). The van der Waals surface area contributed by atoms with E-state index >= 15 is 0 Å². The lowest BCUT2D eigenvalue weighted by molar-refractivity contribution is -0.129. The molecule has 0 spiro atoms. The second-order valence-electron chi connectivity index (χ2n) is 3.76. The van der Waals surface area contributed by atoms with E-state index < -0.39 is 0 Å². The molecular formula is C11H23N3O2. The minimum atomic E-state index is -0.0669. The molecule has 0 aliphatic carbocycles. The van der Waals surface area contributed by atoms with Gasteiger partial charge in [0.15, 0.2) is 0 Å². The van der Waals surface area contributed by atoms with Crippen molar-refractivity contribution in [2.24, 2.45) is 0 Å². The Morgan fingerprint density at radius 2 is 1.31 bits per heavy atom. The Balaban J connectivity index is 4.48. The van der Waals surface area contributed by atoms with Crippen molar-refractivity contribution < 1.29 is 9.59 Å². The molecule has 0 N–H and O–H groups in total. The zero-order valence-corrected chi connectivity index (χ0v) is 11.0. The molecule has 0 bridgehead atoms. The molecule has 0 radical (unpaired) electrons. The first kappa shape index (κ1) is 14.7. The molecule has 0 aromatic rings. The predicted molar refractivity (Wildman–Crippen MR) is 64.3 cm³/mol. The van der Waals surface area contributed by atoms with E-state index in [1.165, 1.54) is 4.90 Å². The van der Waals surface area contributed by atoms with E-state index in [9.17, 15) is 9.59 Å². The smallest absolute Gasteiger partial charge is 0.320 e. The van der Waals surface area contributed by atoms with Gasteiger partial charge in [-0.25, -0.2) is 4.79 Å². The van der Waals surface area contributed by atoms with E-state index in [1.54, 1.807) is 23.9 Å². The first-order chi connectivity index (χ1) is 7.47. The summed E-state index contributed by atoms with van der Waals surface area (Å²) in [5, 5.41) is 0. The molecule has 0 saturated heterocycles. The number of nitrogens with zero attached hydrogens (tertiary/aromatic N) is 3. The summed E-state index contributed by atoms with van der Waals surface area (Å²) in [6.45, 7) is 7.79. The van der Waals surface area contributed by atoms with Crippen LogP contribution in [0.4, 0.5) is 4.79 Å². The Bertz CT molecular complexity index is 237. The van der Waals surface area contributed by atoms with E-state index in [0.717, 1.165) is 0 Å². The van der Waals surface area contributed by atoms with Gasteiger partial charge in [-0.1, -0.05) is 0 Å². The SMILES string of the molecule is CCN(CC)C(=O)N(CC)CC(=O)N(C)C. The maximum Gasteiger partial charge on any atom is 0.320 e. The summed E-state index contributed by atoms with van der Waals surface area (Å²) >= 11 is 0. The Hall–Kier alpha value is -1.26. The van der Waals surface area contributed by atoms with Crippen LogP contribution in [0, 0.1) is 0 Å². The monoisotopic (exact) mass is 229 g/mol.